The summed E-state index contributed by atoms with van der Waals surface area (Å²) < 4.78 is 0. The highest BCUT2D eigenvalue weighted by Gasteiger charge is 2.07. The minimum Gasteiger partial charge on any atom is -0.370 e. The van der Waals surface area contributed by atoms with Crippen molar-refractivity contribution in [1.29, 1.82) is 0 Å². The third-order valence-corrected chi connectivity index (χ3v) is 3.26. The maximum absolute atomic E-state index is 4.34. The molecule has 106 valence electrons. The van der Waals surface area contributed by atoms with Crippen LogP contribution < -0.4 is 10.6 Å². The quantitative estimate of drug-likeness (QED) is 0.863. The van der Waals surface area contributed by atoms with E-state index < -0.39 is 0 Å². The minimum absolute atomic E-state index is 0.852. The van der Waals surface area contributed by atoms with E-state index in [1.165, 1.54) is 11.1 Å². The maximum Gasteiger partial charge on any atom is 0.138 e. The molecule has 4 heteroatoms. The maximum atomic E-state index is 4.34. The van der Waals surface area contributed by atoms with Gasteiger partial charge in [-0.15, -0.1) is 0 Å². The lowest BCUT2D eigenvalue weighted by Gasteiger charge is -2.14. The van der Waals surface area contributed by atoms with E-state index >= 15 is 0 Å². The number of benzene rings is 1. The van der Waals surface area contributed by atoms with Gasteiger partial charge < -0.3 is 10.6 Å². The molecule has 0 atom stereocenters. The first kappa shape index (κ1) is 14.3. The van der Waals surface area contributed by atoms with Crippen LogP contribution in [0.5, 0.6) is 0 Å². The normalized spacial score (nSPS) is 10.4. The van der Waals surface area contributed by atoms with E-state index in [4.69, 9.17) is 0 Å². The first-order valence-electron chi connectivity index (χ1n) is 7.01. The summed E-state index contributed by atoms with van der Waals surface area (Å²) in [6, 6.07) is 6.35. The molecule has 1 heterocycles. The van der Waals surface area contributed by atoms with Crippen molar-refractivity contribution in [2.24, 2.45) is 0 Å². The fourth-order valence-electron chi connectivity index (χ4n) is 2.08. The number of nitrogens with zero attached hydrogens (tertiary/aromatic N) is 2. The van der Waals surface area contributed by atoms with Gasteiger partial charge in [-0.1, -0.05) is 24.6 Å². The second-order valence-electron chi connectivity index (χ2n) is 5.07. The SMILES string of the molecule is CCCNc1ncnc(Nc2ccc(C)cc2C)c1C. The number of anilines is 3. The molecule has 20 heavy (non-hydrogen) atoms. The van der Waals surface area contributed by atoms with Crippen LogP contribution in [0.15, 0.2) is 24.5 Å². The number of rotatable bonds is 5. The second kappa shape index (κ2) is 6.37. The molecular weight excluding hydrogens is 248 g/mol. The number of nitrogens with one attached hydrogen (secondary N) is 2. The number of hydrogen-bond acceptors (Lipinski definition) is 4. The van der Waals surface area contributed by atoms with Crippen LogP contribution in [0.1, 0.15) is 30.0 Å². The molecule has 0 radical (unpaired) electrons. The minimum atomic E-state index is 0.852. The zero-order chi connectivity index (χ0) is 14.5. The smallest absolute Gasteiger partial charge is 0.138 e. The molecule has 0 spiro atoms. The van der Waals surface area contributed by atoms with E-state index in [0.717, 1.165) is 35.9 Å². The van der Waals surface area contributed by atoms with E-state index in [1.54, 1.807) is 6.33 Å². The molecule has 0 fully saturated rings. The highest BCUT2D eigenvalue weighted by atomic mass is 15.1. The van der Waals surface area contributed by atoms with Crippen LogP contribution in [0.25, 0.3) is 0 Å². The Morgan fingerprint density at radius 3 is 2.50 bits per heavy atom. The average Bonchev–Trinajstić information content (AvgIpc) is 2.42. The monoisotopic (exact) mass is 270 g/mol. The van der Waals surface area contributed by atoms with Crippen LogP contribution in [-0.2, 0) is 0 Å². The van der Waals surface area contributed by atoms with Gasteiger partial charge in [0.05, 0.1) is 0 Å². The van der Waals surface area contributed by atoms with Crippen molar-refractivity contribution < 1.29 is 0 Å². The molecule has 0 unspecified atom stereocenters. The fourth-order valence-corrected chi connectivity index (χ4v) is 2.08. The molecule has 2 rings (SSSR count). The summed E-state index contributed by atoms with van der Waals surface area (Å²) in [6.45, 7) is 9.28. The fraction of sp³-hybridized carbons (Fsp3) is 0.375. The van der Waals surface area contributed by atoms with Gasteiger partial charge in [-0.3, -0.25) is 0 Å². The standard InChI is InChI=1S/C16H22N4/c1-5-8-17-15-13(4)16(19-10-18-15)20-14-7-6-11(2)9-12(14)3/h6-7,9-10H,5,8H2,1-4H3,(H2,17,18,19,20). The van der Waals surface area contributed by atoms with Gasteiger partial charge >= 0.3 is 0 Å². The van der Waals surface area contributed by atoms with Crippen molar-refractivity contribution in [2.45, 2.75) is 34.1 Å². The Hall–Kier alpha value is -2.10. The Balaban J connectivity index is 2.24. The van der Waals surface area contributed by atoms with E-state index in [1.807, 2.05) is 6.92 Å². The molecule has 0 saturated carbocycles. The Morgan fingerprint density at radius 1 is 1.05 bits per heavy atom. The van der Waals surface area contributed by atoms with E-state index in [-0.39, 0.29) is 0 Å². The van der Waals surface area contributed by atoms with Crippen molar-refractivity contribution in [2.75, 3.05) is 17.2 Å². The molecule has 0 amide bonds. The van der Waals surface area contributed by atoms with Crippen molar-refractivity contribution in [3.05, 3.63) is 41.2 Å². The van der Waals surface area contributed by atoms with E-state index in [2.05, 4.69) is 59.6 Å². The van der Waals surface area contributed by atoms with Crippen LogP contribution in [0.4, 0.5) is 17.3 Å². The zero-order valence-corrected chi connectivity index (χ0v) is 12.6. The van der Waals surface area contributed by atoms with Crippen molar-refractivity contribution in [3.8, 4) is 0 Å². The summed E-state index contributed by atoms with van der Waals surface area (Å²) in [6.07, 6.45) is 2.67. The molecule has 0 bridgehead atoms. The predicted octanol–water partition coefficient (Wildman–Crippen LogP) is 3.97. The van der Waals surface area contributed by atoms with Gasteiger partial charge in [-0.2, -0.15) is 0 Å². The molecule has 1 aromatic carbocycles. The van der Waals surface area contributed by atoms with E-state index in [9.17, 15) is 0 Å². The highest BCUT2D eigenvalue weighted by Crippen LogP contribution is 2.24. The predicted molar refractivity (Wildman–Crippen MR) is 84.7 cm³/mol. The largest absolute Gasteiger partial charge is 0.370 e. The molecule has 0 aliphatic heterocycles. The van der Waals surface area contributed by atoms with Crippen molar-refractivity contribution >= 4 is 17.3 Å². The molecule has 0 saturated heterocycles. The lowest BCUT2D eigenvalue weighted by molar-refractivity contribution is 0.960. The molecule has 2 N–H and O–H groups in total. The lowest BCUT2D eigenvalue weighted by atomic mass is 10.1. The summed E-state index contributed by atoms with van der Waals surface area (Å²) in [5.74, 6) is 1.75. The Bertz CT molecular complexity index is 593. The number of aryl methyl sites for hydroxylation is 2. The molecular formula is C16H22N4. The van der Waals surface area contributed by atoms with Gasteiger partial charge in [0.25, 0.3) is 0 Å². The first-order chi connectivity index (χ1) is 9.61. The van der Waals surface area contributed by atoms with Crippen LogP contribution in [-0.4, -0.2) is 16.5 Å². The van der Waals surface area contributed by atoms with Gasteiger partial charge in [0.2, 0.25) is 0 Å². The molecule has 4 nitrogen and oxygen atoms in total. The van der Waals surface area contributed by atoms with Gasteiger partial charge in [0.15, 0.2) is 0 Å². The van der Waals surface area contributed by atoms with Gasteiger partial charge in [-0.05, 0) is 38.8 Å². The van der Waals surface area contributed by atoms with Crippen LogP contribution in [0.3, 0.4) is 0 Å². The third-order valence-electron chi connectivity index (χ3n) is 3.26. The summed E-state index contributed by atoms with van der Waals surface area (Å²) >= 11 is 0. The van der Waals surface area contributed by atoms with Crippen LogP contribution >= 0.6 is 0 Å². The van der Waals surface area contributed by atoms with E-state index in [0.29, 0.717) is 0 Å². The van der Waals surface area contributed by atoms with Gasteiger partial charge in [-0.25, -0.2) is 9.97 Å². The van der Waals surface area contributed by atoms with Gasteiger partial charge in [0, 0.05) is 17.8 Å². The van der Waals surface area contributed by atoms with Crippen molar-refractivity contribution in [1.82, 2.24) is 9.97 Å². The van der Waals surface area contributed by atoms with Crippen molar-refractivity contribution in [3.63, 3.8) is 0 Å². The molecule has 2 aromatic rings. The third kappa shape index (κ3) is 3.26. The topological polar surface area (TPSA) is 49.8 Å². The first-order valence-corrected chi connectivity index (χ1v) is 7.01. The number of aromatic nitrogens is 2. The molecule has 0 aliphatic carbocycles. The number of hydrogen-bond donors (Lipinski definition) is 2. The summed E-state index contributed by atoms with van der Waals surface area (Å²) in [4.78, 5) is 8.64. The van der Waals surface area contributed by atoms with Crippen LogP contribution in [0, 0.1) is 20.8 Å². The Morgan fingerprint density at radius 2 is 1.80 bits per heavy atom. The average molecular weight is 270 g/mol. The summed E-state index contributed by atoms with van der Waals surface area (Å²) in [5, 5.41) is 6.71. The summed E-state index contributed by atoms with van der Waals surface area (Å²) in [5.41, 5.74) is 4.60. The molecule has 0 aliphatic rings. The zero-order valence-electron chi connectivity index (χ0n) is 12.6. The lowest BCUT2D eigenvalue weighted by Crippen LogP contribution is -2.07. The van der Waals surface area contributed by atoms with Crippen LogP contribution in [0.2, 0.25) is 0 Å². The second-order valence-corrected chi connectivity index (χ2v) is 5.07. The summed E-state index contributed by atoms with van der Waals surface area (Å²) in [7, 11) is 0. The molecule has 1 aromatic heterocycles. The van der Waals surface area contributed by atoms with Gasteiger partial charge in [0.1, 0.15) is 18.0 Å². The highest BCUT2D eigenvalue weighted by molar-refractivity contribution is 5.66. The Kier molecular flexibility index (Phi) is 4.56. The Labute approximate surface area is 120 Å².